The molecule has 1 saturated heterocycles. The number of benzene rings is 2. The summed E-state index contributed by atoms with van der Waals surface area (Å²) in [5.74, 6) is 1.55. The standard InChI is InChI=1S/C24H31NO3/c1-23(2,3)28-22-13-19(11-12-21(22)27-5)20-15-25(16-24(20,4)17-26)14-18-9-7-6-8-10-18/h6-13,17,20H,14-16H2,1-5H3/t20?,24-/m1/s1. The fourth-order valence-electron chi connectivity index (χ4n) is 4.01. The number of hydrogen-bond acceptors (Lipinski definition) is 4. The fraction of sp³-hybridized carbons (Fsp3) is 0.458. The molecule has 0 amide bonds. The van der Waals surface area contributed by atoms with Crippen molar-refractivity contribution < 1.29 is 14.3 Å². The zero-order chi connectivity index (χ0) is 20.4. The molecule has 4 heteroatoms. The van der Waals surface area contributed by atoms with E-state index >= 15 is 0 Å². The molecule has 150 valence electrons. The molecule has 0 N–H and O–H groups in total. The largest absolute Gasteiger partial charge is 0.493 e. The third-order valence-corrected chi connectivity index (χ3v) is 5.33. The summed E-state index contributed by atoms with van der Waals surface area (Å²) >= 11 is 0. The second-order valence-electron chi connectivity index (χ2n) is 8.96. The lowest BCUT2D eigenvalue weighted by Crippen LogP contribution is -2.28. The molecule has 2 aromatic rings. The first-order valence-electron chi connectivity index (χ1n) is 9.84. The molecule has 0 bridgehead atoms. The average Bonchev–Trinajstić information content (AvgIpc) is 2.98. The number of nitrogens with zero attached hydrogens (tertiary/aromatic N) is 1. The molecule has 1 fully saturated rings. The van der Waals surface area contributed by atoms with E-state index in [0.717, 1.165) is 37.2 Å². The minimum absolute atomic E-state index is 0.113. The Morgan fingerprint density at radius 2 is 1.86 bits per heavy atom. The molecule has 0 aliphatic carbocycles. The minimum Gasteiger partial charge on any atom is -0.493 e. The smallest absolute Gasteiger partial charge is 0.162 e. The predicted octanol–water partition coefficient (Wildman–Crippen LogP) is 4.68. The van der Waals surface area contributed by atoms with E-state index in [4.69, 9.17) is 9.47 Å². The number of carbonyl (C=O) groups excluding carboxylic acids is 1. The van der Waals surface area contributed by atoms with Gasteiger partial charge in [-0.3, -0.25) is 4.90 Å². The van der Waals surface area contributed by atoms with E-state index in [-0.39, 0.29) is 11.5 Å². The van der Waals surface area contributed by atoms with Crippen molar-refractivity contribution in [2.45, 2.75) is 45.8 Å². The van der Waals surface area contributed by atoms with Gasteiger partial charge in [-0.05, 0) is 44.0 Å². The first-order valence-corrected chi connectivity index (χ1v) is 9.84. The van der Waals surface area contributed by atoms with Crippen LogP contribution in [0.3, 0.4) is 0 Å². The molecule has 3 rings (SSSR count). The van der Waals surface area contributed by atoms with E-state index in [1.165, 1.54) is 5.56 Å². The van der Waals surface area contributed by atoms with Gasteiger partial charge < -0.3 is 14.3 Å². The van der Waals surface area contributed by atoms with Crippen molar-refractivity contribution in [3.8, 4) is 11.5 Å². The Kier molecular flexibility index (Phi) is 5.80. The van der Waals surface area contributed by atoms with Gasteiger partial charge in [0.1, 0.15) is 11.9 Å². The highest BCUT2D eigenvalue weighted by Crippen LogP contribution is 2.44. The molecule has 0 radical (unpaired) electrons. The molecule has 0 spiro atoms. The van der Waals surface area contributed by atoms with Crippen molar-refractivity contribution in [3.05, 3.63) is 59.7 Å². The number of aldehydes is 1. The molecule has 2 atom stereocenters. The second-order valence-corrected chi connectivity index (χ2v) is 8.96. The highest BCUT2D eigenvalue weighted by atomic mass is 16.5. The summed E-state index contributed by atoms with van der Waals surface area (Å²) in [5, 5.41) is 0. The van der Waals surface area contributed by atoms with E-state index in [2.05, 4.69) is 42.2 Å². The minimum atomic E-state index is -0.428. The van der Waals surface area contributed by atoms with Gasteiger partial charge in [-0.15, -0.1) is 0 Å². The normalized spacial score (nSPS) is 22.8. The Bertz CT molecular complexity index is 812. The lowest BCUT2D eigenvalue weighted by atomic mass is 9.77. The van der Waals surface area contributed by atoms with E-state index in [9.17, 15) is 4.79 Å². The van der Waals surface area contributed by atoms with Gasteiger partial charge in [0.15, 0.2) is 11.5 Å². The number of hydrogen-bond donors (Lipinski definition) is 0. The van der Waals surface area contributed by atoms with Gasteiger partial charge in [-0.1, -0.05) is 43.3 Å². The van der Waals surface area contributed by atoms with E-state index in [0.29, 0.717) is 5.75 Å². The number of ether oxygens (including phenoxy) is 2. The maximum atomic E-state index is 12.1. The quantitative estimate of drug-likeness (QED) is 0.681. The van der Waals surface area contributed by atoms with Gasteiger partial charge in [0.2, 0.25) is 0 Å². The summed E-state index contributed by atoms with van der Waals surface area (Å²) < 4.78 is 11.6. The monoisotopic (exact) mass is 381 g/mol. The number of carbonyl (C=O) groups is 1. The highest BCUT2D eigenvalue weighted by molar-refractivity contribution is 5.63. The van der Waals surface area contributed by atoms with Gasteiger partial charge in [0, 0.05) is 31.0 Å². The maximum Gasteiger partial charge on any atom is 0.162 e. The van der Waals surface area contributed by atoms with Crippen molar-refractivity contribution >= 4 is 6.29 Å². The molecule has 0 aromatic heterocycles. The average molecular weight is 382 g/mol. The molecule has 0 saturated carbocycles. The molecule has 1 aliphatic heterocycles. The Balaban J connectivity index is 1.88. The number of likely N-dealkylation sites (tertiary alicyclic amines) is 1. The van der Waals surface area contributed by atoms with E-state index in [1.54, 1.807) is 7.11 Å². The SMILES string of the molecule is COc1ccc(C2CN(Cc3ccccc3)C[C@]2(C)C=O)cc1OC(C)(C)C. The predicted molar refractivity (Wildman–Crippen MR) is 112 cm³/mol. The van der Waals surface area contributed by atoms with Crippen LogP contribution in [-0.2, 0) is 11.3 Å². The van der Waals surface area contributed by atoms with Crippen LogP contribution in [0.25, 0.3) is 0 Å². The van der Waals surface area contributed by atoms with Gasteiger partial charge in [0.05, 0.1) is 7.11 Å². The molecule has 1 aliphatic rings. The first kappa shape index (κ1) is 20.4. The number of methoxy groups -OCH3 is 1. The summed E-state index contributed by atoms with van der Waals surface area (Å²) in [6, 6.07) is 16.5. The molecule has 28 heavy (non-hydrogen) atoms. The summed E-state index contributed by atoms with van der Waals surface area (Å²) in [5.41, 5.74) is 1.63. The van der Waals surface area contributed by atoms with Crippen LogP contribution in [0, 0.1) is 5.41 Å². The summed E-state index contributed by atoms with van der Waals surface area (Å²) in [4.78, 5) is 14.4. The lowest BCUT2D eigenvalue weighted by Gasteiger charge is -2.27. The van der Waals surface area contributed by atoms with Gasteiger partial charge in [-0.2, -0.15) is 0 Å². The van der Waals surface area contributed by atoms with Crippen molar-refractivity contribution in [2.24, 2.45) is 5.41 Å². The summed E-state index contributed by atoms with van der Waals surface area (Å²) in [6.45, 7) is 10.6. The highest BCUT2D eigenvalue weighted by Gasteiger charge is 2.44. The molecule has 1 heterocycles. The Labute approximate surface area is 168 Å². The second kappa shape index (κ2) is 7.96. The molecule has 2 aromatic carbocycles. The van der Waals surface area contributed by atoms with Gasteiger partial charge >= 0.3 is 0 Å². The van der Waals surface area contributed by atoms with Crippen LogP contribution in [0.2, 0.25) is 0 Å². The molecule has 1 unspecified atom stereocenters. The summed E-state index contributed by atoms with van der Waals surface area (Å²) in [7, 11) is 1.65. The molecular weight excluding hydrogens is 350 g/mol. The van der Waals surface area contributed by atoms with Crippen molar-refractivity contribution in [1.82, 2.24) is 4.90 Å². The Morgan fingerprint density at radius 3 is 2.46 bits per heavy atom. The lowest BCUT2D eigenvalue weighted by molar-refractivity contribution is -0.115. The van der Waals surface area contributed by atoms with Crippen molar-refractivity contribution in [1.29, 1.82) is 0 Å². The molecule has 4 nitrogen and oxygen atoms in total. The Hall–Kier alpha value is -2.33. The molecular formula is C24H31NO3. The fourth-order valence-corrected chi connectivity index (χ4v) is 4.01. The van der Waals surface area contributed by atoms with Crippen LogP contribution in [0.15, 0.2) is 48.5 Å². The maximum absolute atomic E-state index is 12.1. The first-order chi connectivity index (χ1) is 13.2. The topological polar surface area (TPSA) is 38.8 Å². The zero-order valence-electron chi connectivity index (χ0n) is 17.6. The zero-order valence-corrected chi connectivity index (χ0v) is 17.6. The van der Waals surface area contributed by atoms with E-state index in [1.807, 2.05) is 39.0 Å². The van der Waals surface area contributed by atoms with Crippen LogP contribution in [0.1, 0.15) is 44.7 Å². The third kappa shape index (κ3) is 4.56. The van der Waals surface area contributed by atoms with Crippen LogP contribution >= 0.6 is 0 Å². The van der Waals surface area contributed by atoms with Crippen molar-refractivity contribution in [2.75, 3.05) is 20.2 Å². The van der Waals surface area contributed by atoms with Crippen LogP contribution in [0.5, 0.6) is 11.5 Å². The van der Waals surface area contributed by atoms with Crippen molar-refractivity contribution in [3.63, 3.8) is 0 Å². The summed E-state index contributed by atoms with van der Waals surface area (Å²) in [6.07, 6.45) is 1.12. The third-order valence-electron chi connectivity index (χ3n) is 5.33. The van der Waals surface area contributed by atoms with Crippen LogP contribution in [-0.4, -0.2) is 37.0 Å². The number of rotatable bonds is 6. The Morgan fingerprint density at radius 1 is 1.14 bits per heavy atom. The van der Waals surface area contributed by atoms with Crippen LogP contribution in [0.4, 0.5) is 0 Å². The van der Waals surface area contributed by atoms with Crippen LogP contribution < -0.4 is 9.47 Å². The van der Waals surface area contributed by atoms with Gasteiger partial charge in [-0.25, -0.2) is 0 Å². The van der Waals surface area contributed by atoms with E-state index < -0.39 is 5.41 Å². The van der Waals surface area contributed by atoms with Gasteiger partial charge in [0.25, 0.3) is 0 Å².